The Labute approximate surface area is 72.3 Å². The lowest BCUT2D eigenvalue weighted by Gasteiger charge is -1.97. The van der Waals surface area contributed by atoms with Gasteiger partial charge in [0.1, 0.15) is 6.61 Å². The second-order valence-corrected chi connectivity index (χ2v) is 2.55. The maximum absolute atomic E-state index is 8.48. The lowest BCUT2D eigenvalue weighted by molar-refractivity contribution is 0.350. The Bertz CT molecular complexity index is 333. The van der Waals surface area contributed by atoms with E-state index < -0.39 is 0 Å². The van der Waals surface area contributed by atoms with Gasteiger partial charge in [-0.15, -0.1) is 0 Å². The van der Waals surface area contributed by atoms with Crippen LogP contribution in [0, 0.1) is 25.7 Å². The van der Waals surface area contributed by atoms with Crippen LogP contribution in [0.3, 0.4) is 0 Å². The summed E-state index contributed by atoms with van der Waals surface area (Å²) in [5.74, 6) is 5.42. The predicted molar refractivity (Wildman–Crippen MR) is 47.7 cm³/mol. The molecule has 12 heavy (non-hydrogen) atoms. The average molecular weight is 161 g/mol. The number of aromatic nitrogens is 1. The quantitative estimate of drug-likeness (QED) is 0.577. The smallest absolute Gasteiger partial charge is 0.104 e. The molecule has 0 radical (unpaired) electrons. The fourth-order valence-electron chi connectivity index (χ4n) is 0.953. The van der Waals surface area contributed by atoms with Crippen molar-refractivity contribution in [2.75, 3.05) is 6.61 Å². The second-order valence-electron chi connectivity index (χ2n) is 2.55. The average Bonchev–Trinajstić information content (AvgIpc) is 2.03. The number of aliphatic hydroxyl groups excluding tert-OH is 1. The SMILES string of the molecule is Cc1ccc(C#CCO)c(C)n1. The summed E-state index contributed by atoms with van der Waals surface area (Å²) in [4.78, 5) is 4.24. The summed E-state index contributed by atoms with van der Waals surface area (Å²) in [5, 5.41) is 8.48. The Morgan fingerprint density at radius 3 is 2.75 bits per heavy atom. The molecule has 0 unspecified atom stereocenters. The van der Waals surface area contributed by atoms with Crippen molar-refractivity contribution < 1.29 is 5.11 Å². The molecule has 0 spiro atoms. The van der Waals surface area contributed by atoms with Crippen LogP contribution in [0.2, 0.25) is 0 Å². The number of rotatable bonds is 0. The van der Waals surface area contributed by atoms with Gasteiger partial charge >= 0.3 is 0 Å². The topological polar surface area (TPSA) is 33.1 Å². The fraction of sp³-hybridized carbons (Fsp3) is 0.300. The summed E-state index contributed by atoms with van der Waals surface area (Å²) >= 11 is 0. The van der Waals surface area contributed by atoms with Gasteiger partial charge in [0.15, 0.2) is 0 Å². The van der Waals surface area contributed by atoms with Crippen LogP contribution in [-0.4, -0.2) is 16.7 Å². The molecule has 0 fully saturated rings. The Hall–Kier alpha value is -1.33. The van der Waals surface area contributed by atoms with Crippen LogP contribution in [0.25, 0.3) is 0 Å². The number of pyridine rings is 1. The normalized spacial score (nSPS) is 8.92. The number of aliphatic hydroxyl groups is 1. The summed E-state index contributed by atoms with van der Waals surface area (Å²) < 4.78 is 0. The van der Waals surface area contributed by atoms with Crippen LogP contribution in [0.15, 0.2) is 12.1 Å². The molecule has 62 valence electrons. The van der Waals surface area contributed by atoms with E-state index in [2.05, 4.69) is 16.8 Å². The zero-order chi connectivity index (χ0) is 8.97. The molecule has 2 heteroatoms. The molecule has 0 aliphatic rings. The van der Waals surface area contributed by atoms with Gasteiger partial charge in [-0.1, -0.05) is 11.8 Å². The Balaban J connectivity index is 3.01. The Morgan fingerprint density at radius 2 is 2.17 bits per heavy atom. The van der Waals surface area contributed by atoms with Gasteiger partial charge < -0.3 is 5.11 Å². The van der Waals surface area contributed by atoms with Crippen molar-refractivity contribution in [1.29, 1.82) is 0 Å². The zero-order valence-electron chi connectivity index (χ0n) is 7.26. The molecular formula is C10H11NO. The number of aryl methyl sites for hydroxylation is 2. The monoisotopic (exact) mass is 161 g/mol. The van der Waals surface area contributed by atoms with Gasteiger partial charge in [0.25, 0.3) is 0 Å². The highest BCUT2D eigenvalue weighted by Crippen LogP contribution is 2.03. The van der Waals surface area contributed by atoms with E-state index in [9.17, 15) is 0 Å². The molecule has 0 bridgehead atoms. The molecular weight excluding hydrogens is 150 g/mol. The second kappa shape index (κ2) is 3.89. The highest BCUT2D eigenvalue weighted by Gasteiger charge is 1.94. The van der Waals surface area contributed by atoms with Gasteiger partial charge in [-0.25, -0.2) is 0 Å². The molecule has 0 aliphatic carbocycles. The van der Waals surface area contributed by atoms with E-state index in [4.69, 9.17) is 5.11 Å². The summed E-state index contributed by atoms with van der Waals surface area (Å²) in [6.07, 6.45) is 0. The van der Waals surface area contributed by atoms with E-state index in [1.165, 1.54) is 0 Å². The third kappa shape index (κ3) is 2.08. The largest absolute Gasteiger partial charge is 0.384 e. The van der Waals surface area contributed by atoms with Crippen molar-refractivity contribution in [1.82, 2.24) is 4.98 Å². The van der Waals surface area contributed by atoms with E-state index >= 15 is 0 Å². The molecule has 1 heterocycles. The van der Waals surface area contributed by atoms with Crippen molar-refractivity contribution in [2.45, 2.75) is 13.8 Å². The van der Waals surface area contributed by atoms with E-state index in [0.29, 0.717) is 0 Å². The highest BCUT2D eigenvalue weighted by molar-refractivity contribution is 5.37. The highest BCUT2D eigenvalue weighted by atomic mass is 16.2. The standard InChI is InChI=1S/C10H11NO/c1-8-5-6-10(4-3-7-12)9(2)11-8/h5-6,12H,7H2,1-2H3. The fourth-order valence-corrected chi connectivity index (χ4v) is 0.953. The van der Waals surface area contributed by atoms with E-state index in [1.54, 1.807) is 0 Å². The zero-order valence-corrected chi connectivity index (χ0v) is 7.26. The van der Waals surface area contributed by atoms with Crippen LogP contribution >= 0.6 is 0 Å². The van der Waals surface area contributed by atoms with Gasteiger partial charge in [0.05, 0.1) is 5.69 Å². The van der Waals surface area contributed by atoms with Gasteiger partial charge in [-0.2, -0.15) is 0 Å². The van der Waals surface area contributed by atoms with Crippen molar-refractivity contribution >= 4 is 0 Å². The van der Waals surface area contributed by atoms with E-state index in [1.807, 2.05) is 26.0 Å². The maximum atomic E-state index is 8.48. The molecule has 0 atom stereocenters. The van der Waals surface area contributed by atoms with Gasteiger partial charge in [-0.3, -0.25) is 4.98 Å². The molecule has 0 saturated carbocycles. The summed E-state index contributed by atoms with van der Waals surface area (Å²) in [7, 11) is 0. The first-order valence-corrected chi connectivity index (χ1v) is 3.78. The van der Waals surface area contributed by atoms with Crippen LogP contribution in [-0.2, 0) is 0 Å². The number of nitrogens with zero attached hydrogens (tertiary/aromatic N) is 1. The van der Waals surface area contributed by atoms with Crippen molar-refractivity contribution in [3.8, 4) is 11.8 Å². The molecule has 0 amide bonds. The Kier molecular flexibility index (Phi) is 2.84. The van der Waals surface area contributed by atoms with Crippen molar-refractivity contribution in [2.24, 2.45) is 0 Å². The summed E-state index contributed by atoms with van der Waals surface area (Å²) in [6.45, 7) is 3.75. The molecule has 0 aromatic carbocycles. The molecule has 1 aromatic heterocycles. The van der Waals surface area contributed by atoms with Crippen LogP contribution < -0.4 is 0 Å². The summed E-state index contributed by atoms with van der Waals surface area (Å²) in [5.41, 5.74) is 2.78. The first-order chi connectivity index (χ1) is 5.74. The van der Waals surface area contributed by atoms with Gasteiger partial charge in [0.2, 0.25) is 0 Å². The molecule has 1 rings (SSSR count). The first kappa shape index (κ1) is 8.76. The molecule has 1 aromatic rings. The minimum atomic E-state index is -0.104. The third-order valence-electron chi connectivity index (χ3n) is 1.53. The molecule has 0 aliphatic heterocycles. The minimum absolute atomic E-state index is 0.104. The van der Waals surface area contributed by atoms with Crippen molar-refractivity contribution in [3.63, 3.8) is 0 Å². The minimum Gasteiger partial charge on any atom is -0.384 e. The van der Waals surface area contributed by atoms with E-state index in [-0.39, 0.29) is 6.61 Å². The summed E-state index contributed by atoms with van der Waals surface area (Å²) in [6, 6.07) is 3.83. The number of hydrogen-bond acceptors (Lipinski definition) is 2. The van der Waals surface area contributed by atoms with Crippen LogP contribution in [0.5, 0.6) is 0 Å². The lowest BCUT2D eigenvalue weighted by Crippen LogP contribution is -1.89. The van der Waals surface area contributed by atoms with Crippen LogP contribution in [0.1, 0.15) is 17.0 Å². The molecule has 0 saturated heterocycles. The lowest BCUT2D eigenvalue weighted by atomic mass is 10.2. The predicted octanol–water partition coefficient (Wildman–Crippen LogP) is 1.04. The third-order valence-corrected chi connectivity index (χ3v) is 1.53. The van der Waals surface area contributed by atoms with Crippen molar-refractivity contribution in [3.05, 3.63) is 29.1 Å². The van der Waals surface area contributed by atoms with Crippen LogP contribution in [0.4, 0.5) is 0 Å². The van der Waals surface area contributed by atoms with E-state index in [0.717, 1.165) is 17.0 Å². The molecule has 2 nitrogen and oxygen atoms in total. The first-order valence-electron chi connectivity index (χ1n) is 3.78. The number of hydrogen-bond donors (Lipinski definition) is 1. The molecule has 1 N–H and O–H groups in total. The maximum Gasteiger partial charge on any atom is 0.104 e. The van der Waals surface area contributed by atoms with Gasteiger partial charge in [-0.05, 0) is 26.0 Å². The van der Waals surface area contributed by atoms with Gasteiger partial charge in [0, 0.05) is 11.3 Å². The Morgan fingerprint density at radius 1 is 1.42 bits per heavy atom.